The van der Waals surface area contributed by atoms with Gasteiger partial charge in [0.05, 0.1) is 0 Å². The summed E-state index contributed by atoms with van der Waals surface area (Å²) in [5, 5.41) is 3.73. The molecular formula is C15H22ClF3N2. The van der Waals surface area contributed by atoms with Gasteiger partial charge < -0.3 is 10.2 Å². The van der Waals surface area contributed by atoms with Crippen LogP contribution in [0.15, 0.2) is 18.2 Å². The van der Waals surface area contributed by atoms with Gasteiger partial charge in [-0.15, -0.1) is 0 Å². The number of rotatable bonds is 7. The van der Waals surface area contributed by atoms with Crippen LogP contribution in [0.1, 0.15) is 38.8 Å². The van der Waals surface area contributed by atoms with Crippen LogP contribution in [0.5, 0.6) is 0 Å². The van der Waals surface area contributed by atoms with Gasteiger partial charge in [0, 0.05) is 23.3 Å². The number of hydrogen-bond donors (Lipinski definition) is 1. The van der Waals surface area contributed by atoms with Crippen molar-refractivity contribution in [2.24, 2.45) is 0 Å². The topological polar surface area (TPSA) is 15.3 Å². The summed E-state index contributed by atoms with van der Waals surface area (Å²) in [7, 11) is 0. The Kier molecular flexibility index (Phi) is 6.81. The lowest BCUT2D eigenvalue weighted by Gasteiger charge is -2.26. The molecule has 0 aliphatic rings. The molecule has 0 fully saturated rings. The fourth-order valence-corrected chi connectivity index (χ4v) is 2.60. The molecule has 1 unspecified atom stereocenters. The van der Waals surface area contributed by atoms with Crippen LogP contribution >= 0.6 is 11.6 Å². The fraction of sp³-hybridized carbons (Fsp3) is 0.600. The van der Waals surface area contributed by atoms with Crippen molar-refractivity contribution in [2.45, 2.75) is 39.4 Å². The molecular weight excluding hydrogens is 301 g/mol. The minimum atomic E-state index is -4.22. The molecule has 0 aromatic heterocycles. The number of hydrogen-bond acceptors (Lipinski definition) is 2. The Labute approximate surface area is 129 Å². The van der Waals surface area contributed by atoms with Crippen molar-refractivity contribution < 1.29 is 13.2 Å². The summed E-state index contributed by atoms with van der Waals surface area (Å²) in [6.07, 6.45) is -3.58. The number of alkyl halides is 3. The van der Waals surface area contributed by atoms with Crippen molar-refractivity contribution in [3.8, 4) is 0 Å². The molecule has 0 saturated heterocycles. The van der Waals surface area contributed by atoms with E-state index in [2.05, 4.69) is 5.32 Å². The molecule has 1 aromatic carbocycles. The smallest absolute Gasteiger partial charge is 0.363 e. The maximum Gasteiger partial charge on any atom is 0.405 e. The first kappa shape index (κ1) is 18.1. The van der Waals surface area contributed by atoms with Crippen LogP contribution in [0.3, 0.4) is 0 Å². The quantitative estimate of drug-likeness (QED) is 0.776. The van der Waals surface area contributed by atoms with E-state index in [-0.39, 0.29) is 6.04 Å². The van der Waals surface area contributed by atoms with E-state index in [4.69, 9.17) is 11.6 Å². The average Bonchev–Trinajstić information content (AvgIpc) is 2.36. The SMILES string of the molecule is CCCN(CC(F)(F)F)c1ccc(C(C)NCC)c(Cl)c1. The highest BCUT2D eigenvalue weighted by Crippen LogP contribution is 2.29. The zero-order valence-corrected chi connectivity index (χ0v) is 13.4. The van der Waals surface area contributed by atoms with Crippen LogP contribution in [0.25, 0.3) is 0 Å². The van der Waals surface area contributed by atoms with Crippen LogP contribution in [0.4, 0.5) is 18.9 Å². The summed E-state index contributed by atoms with van der Waals surface area (Å²) < 4.78 is 37.9. The minimum Gasteiger partial charge on any atom is -0.363 e. The highest BCUT2D eigenvalue weighted by molar-refractivity contribution is 6.31. The number of halogens is 4. The zero-order chi connectivity index (χ0) is 16.0. The van der Waals surface area contributed by atoms with Gasteiger partial charge in [0.25, 0.3) is 0 Å². The predicted molar refractivity (Wildman–Crippen MR) is 82.1 cm³/mol. The Bertz CT molecular complexity index is 449. The van der Waals surface area contributed by atoms with E-state index >= 15 is 0 Å². The van der Waals surface area contributed by atoms with Crippen LogP contribution in [0.2, 0.25) is 5.02 Å². The van der Waals surface area contributed by atoms with Gasteiger partial charge in [-0.05, 0) is 37.6 Å². The van der Waals surface area contributed by atoms with Crippen LogP contribution in [-0.4, -0.2) is 25.8 Å². The van der Waals surface area contributed by atoms with Crippen LogP contribution in [0, 0.1) is 0 Å². The molecule has 0 aliphatic carbocycles. The van der Waals surface area contributed by atoms with E-state index in [1.54, 1.807) is 18.2 Å². The zero-order valence-electron chi connectivity index (χ0n) is 12.6. The molecule has 1 rings (SSSR count). The van der Waals surface area contributed by atoms with Crippen LogP contribution in [-0.2, 0) is 0 Å². The maximum atomic E-state index is 12.6. The third-order valence-electron chi connectivity index (χ3n) is 3.19. The van der Waals surface area contributed by atoms with E-state index < -0.39 is 12.7 Å². The summed E-state index contributed by atoms with van der Waals surface area (Å²) in [5.41, 5.74) is 1.40. The van der Waals surface area contributed by atoms with Crippen molar-refractivity contribution >= 4 is 17.3 Å². The van der Waals surface area contributed by atoms with Crippen molar-refractivity contribution in [1.29, 1.82) is 0 Å². The molecule has 1 N–H and O–H groups in total. The Morgan fingerprint density at radius 1 is 1.29 bits per heavy atom. The van der Waals surface area contributed by atoms with Crippen molar-refractivity contribution in [2.75, 3.05) is 24.5 Å². The van der Waals surface area contributed by atoms with Crippen molar-refractivity contribution in [3.05, 3.63) is 28.8 Å². The molecule has 0 amide bonds. The van der Waals surface area contributed by atoms with Gasteiger partial charge >= 0.3 is 6.18 Å². The van der Waals surface area contributed by atoms with Crippen LogP contribution < -0.4 is 10.2 Å². The second-order valence-corrected chi connectivity index (χ2v) is 5.43. The summed E-state index contributed by atoms with van der Waals surface area (Å²) >= 11 is 6.23. The first-order valence-electron chi connectivity index (χ1n) is 7.13. The molecule has 21 heavy (non-hydrogen) atoms. The van der Waals surface area contributed by atoms with E-state index in [1.165, 1.54) is 4.90 Å². The molecule has 1 atom stereocenters. The van der Waals surface area contributed by atoms with Gasteiger partial charge in [-0.1, -0.05) is 31.5 Å². The molecule has 0 spiro atoms. The van der Waals surface area contributed by atoms with E-state index in [1.807, 2.05) is 20.8 Å². The standard InChI is InChI=1S/C15H22ClF3N2/c1-4-8-21(10-15(17,18)19)12-6-7-13(14(16)9-12)11(3)20-5-2/h6-7,9,11,20H,4-5,8,10H2,1-3H3. The summed E-state index contributed by atoms with van der Waals surface area (Å²) in [6.45, 7) is 6.01. The first-order valence-corrected chi connectivity index (χ1v) is 7.50. The fourth-order valence-electron chi connectivity index (χ4n) is 2.27. The molecule has 6 heteroatoms. The number of benzene rings is 1. The average molecular weight is 323 g/mol. The lowest BCUT2D eigenvalue weighted by atomic mass is 10.1. The monoisotopic (exact) mass is 322 g/mol. The predicted octanol–water partition coefficient (Wildman–Crippen LogP) is 4.79. The highest BCUT2D eigenvalue weighted by Gasteiger charge is 2.30. The third kappa shape index (κ3) is 5.75. The number of nitrogens with one attached hydrogen (secondary N) is 1. The number of anilines is 1. The lowest BCUT2D eigenvalue weighted by molar-refractivity contribution is -0.119. The summed E-state index contributed by atoms with van der Waals surface area (Å²) in [4.78, 5) is 1.31. The molecule has 1 aromatic rings. The summed E-state index contributed by atoms with van der Waals surface area (Å²) in [5.74, 6) is 0. The Hall–Kier alpha value is -0.940. The second kappa shape index (κ2) is 7.90. The van der Waals surface area contributed by atoms with Gasteiger partial charge in [-0.3, -0.25) is 0 Å². The molecule has 0 aliphatic heterocycles. The molecule has 120 valence electrons. The van der Waals surface area contributed by atoms with Crippen molar-refractivity contribution in [3.63, 3.8) is 0 Å². The van der Waals surface area contributed by atoms with Gasteiger partial charge in [0.2, 0.25) is 0 Å². The van der Waals surface area contributed by atoms with E-state index in [0.29, 0.717) is 23.7 Å². The molecule has 0 heterocycles. The largest absolute Gasteiger partial charge is 0.405 e. The molecule has 0 bridgehead atoms. The minimum absolute atomic E-state index is 0.0683. The Morgan fingerprint density at radius 2 is 1.95 bits per heavy atom. The molecule has 0 radical (unpaired) electrons. The van der Waals surface area contributed by atoms with Crippen molar-refractivity contribution in [1.82, 2.24) is 5.32 Å². The highest BCUT2D eigenvalue weighted by atomic mass is 35.5. The van der Waals surface area contributed by atoms with E-state index in [9.17, 15) is 13.2 Å². The Morgan fingerprint density at radius 3 is 2.43 bits per heavy atom. The lowest BCUT2D eigenvalue weighted by Crippen LogP contribution is -2.34. The second-order valence-electron chi connectivity index (χ2n) is 5.02. The molecule has 2 nitrogen and oxygen atoms in total. The summed E-state index contributed by atoms with van der Waals surface area (Å²) in [6, 6.07) is 5.19. The van der Waals surface area contributed by atoms with Gasteiger partial charge in [0.1, 0.15) is 6.54 Å². The third-order valence-corrected chi connectivity index (χ3v) is 3.52. The molecule has 0 saturated carbocycles. The van der Waals surface area contributed by atoms with Gasteiger partial charge in [-0.25, -0.2) is 0 Å². The first-order chi connectivity index (χ1) is 9.78. The van der Waals surface area contributed by atoms with E-state index in [0.717, 1.165) is 12.1 Å². The normalized spacial score (nSPS) is 13.3. The number of nitrogens with zero attached hydrogens (tertiary/aromatic N) is 1. The maximum absolute atomic E-state index is 12.6. The van der Waals surface area contributed by atoms with Gasteiger partial charge in [-0.2, -0.15) is 13.2 Å². The van der Waals surface area contributed by atoms with Gasteiger partial charge in [0.15, 0.2) is 0 Å². The Balaban J connectivity index is 2.98.